The Labute approximate surface area is 112 Å². The molecule has 0 aliphatic carbocycles. The van der Waals surface area contributed by atoms with Gasteiger partial charge in [0.1, 0.15) is 11.5 Å². The monoisotopic (exact) mass is 262 g/mol. The van der Waals surface area contributed by atoms with Crippen LogP contribution < -0.4 is 5.32 Å². The molecule has 0 bridgehead atoms. The highest BCUT2D eigenvalue weighted by atomic mass is 16.3. The SMILES string of the molecule is Cc1ccc(C(=O)NC[C@H](c2ccco2)N(C)C)o1. The summed E-state index contributed by atoms with van der Waals surface area (Å²) in [5.74, 6) is 1.65. The molecule has 0 fully saturated rings. The van der Waals surface area contributed by atoms with Crippen molar-refractivity contribution in [2.75, 3.05) is 20.6 Å². The maximum absolute atomic E-state index is 11.9. The third-order valence-electron chi connectivity index (χ3n) is 2.92. The summed E-state index contributed by atoms with van der Waals surface area (Å²) in [5.41, 5.74) is 0. The van der Waals surface area contributed by atoms with Crippen molar-refractivity contribution in [2.24, 2.45) is 0 Å². The molecule has 1 atom stereocenters. The Morgan fingerprint density at radius 1 is 1.37 bits per heavy atom. The second kappa shape index (κ2) is 5.75. The number of likely N-dealkylation sites (N-methyl/N-ethyl adjacent to an activating group) is 1. The number of amides is 1. The summed E-state index contributed by atoms with van der Waals surface area (Å²) in [6, 6.07) is 7.17. The lowest BCUT2D eigenvalue weighted by Gasteiger charge is -2.22. The van der Waals surface area contributed by atoms with Crippen LogP contribution in [0.25, 0.3) is 0 Å². The van der Waals surface area contributed by atoms with Crippen molar-refractivity contribution in [1.29, 1.82) is 0 Å². The number of nitrogens with one attached hydrogen (secondary N) is 1. The van der Waals surface area contributed by atoms with Gasteiger partial charge in [-0.2, -0.15) is 0 Å². The number of furan rings is 2. The second-order valence-electron chi connectivity index (χ2n) is 4.62. The summed E-state index contributed by atoms with van der Waals surface area (Å²) in [6.45, 7) is 2.27. The van der Waals surface area contributed by atoms with Crippen LogP contribution in [0.5, 0.6) is 0 Å². The van der Waals surface area contributed by atoms with Gasteiger partial charge in [0, 0.05) is 6.54 Å². The molecule has 1 amide bonds. The third kappa shape index (κ3) is 3.26. The molecule has 0 radical (unpaired) electrons. The highest BCUT2D eigenvalue weighted by Crippen LogP contribution is 2.17. The Hall–Kier alpha value is -2.01. The van der Waals surface area contributed by atoms with E-state index < -0.39 is 0 Å². The summed E-state index contributed by atoms with van der Waals surface area (Å²) in [4.78, 5) is 13.9. The molecule has 19 heavy (non-hydrogen) atoms. The van der Waals surface area contributed by atoms with Crippen LogP contribution in [0.4, 0.5) is 0 Å². The molecule has 2 rings (SSSR count). The van der Waals surface area contributed by atoms with E-state index in [4.69, 9.17) is 8.83 Å². The van der Waals surface area contributed by atoms with Crippen LogP contribution in [0.1, 0.15) is 28.1 Å². The zero-order chi connectivity index (χ0) is 13.8. The van der Waals surface area contributed by atoms with Gasteiger partial charge in [-0.05, 0) is 45.3 Å². The molecular weight excluding hydrogens is 244 g/mol. The predicted octanol–water partition coefficient (Wildman–Crippen LogP) is 2.21. The van der Waals surface area contributed by atoms with Crippen molar-refractivity contribution in [3.63, 3.8) is 0 Å². The van der Waals surface area contributed by atoms with E-state index in [-0.39, 0.29) is 11.9 Å². The molecular formula is C14H18N2O3. The van der Waals surface area contributed by atoms with Crippen LogP contribution in [0.3, 0.4) is 0 Å². The van der Waals surface area contributed by atoms with Gasteiger partial charge in [0.25, 0.3) is 5.91 Å². The van der Waals surface area contributed by atoms with Gasteiger partial charge in [0.15, 0.2) is 5.76 Å². The fraction of sp³-hybridized carbons (Fsp3) is 0.357. The minimum Gasteiger partial charge on any atom is -0.468 e. The van der Waals surface area contributed by atoms with Gasteiger partial charge < -0.3 is 14.2 Å². The number of carbonyl (C=O) groups excluding carboxylic acids is 1. The summed E-state index contributed by atoms with van der Waals surface area (Å²) in [5, 5.41) is 2.85. The summed E-state index contributed by atoms with van der Waals surface area (Å²) in [7, 11) is 3.88. The van der Waals surface area contributed by atoms with E-state index >= 15 is 0 Å². The lowest BCUT2D eigenvalue weighted by atomic mass is 10.2. The molecule has 2 aromatic heterocycles. The van der Waals surface area contributed by atoms with Crippen LogP contribution in [0.15, 0.2) is 39.4 Å². The zero-order valence-corrected chi connectivity index (χ0v) is 11.3. The van der Waals surface area contributed by atoms with Gasteiger partial charge in [-0.1, -0.05) is 0 Å². The number of hydrogen-bond acceptors (Lipinski definition) is 4. The van der Waals surface area contributed by atoms with E-state index in [9.17, 15) is 4.79 Å². The minimum absolute atomic E-state index is 0.00462. The first-order valence-electron chi connectivity index (χ1n) is 6.12. The minimum atomic E-state index is -0.216. The van der Waals surface area contributed by atoms with Gasteiger partial charge in [-0.25, -0.2) is 0 Å². The Morgan fingerprint density at radius 2 is 2.16 bits per heavy atom. The molecule has 0 aromatic carbocycles. The maximum Gasteiger partial charge on any atom is 0.287 e. The molecule has 2 heterocycles. The van der Waals surface area contributed by atoms with E-state index in [2.05, 4.69) is 5.32 Å². The molecule has 5 heteroatoms. The van der Waals surface area contributed by atoms with Crippen LogP contribution in [-0.4, -0.2) is 31.4 Å². The number of carbonyl (C=O) groups is 1. The molecule has 0 saturated carbocycles. The predicted molar refractivity (Wildman–Crippen MR) is 70.9 cm³/mol. The van der Waals surface area contributed by atoms with Gasteiger partial charge in [-0.3, -0.25) is 9.69 Å². The average molecular weight is 262 g/mol. The van der Waals surface area contributed by atoms with E-state index in [1.165, 1.54) is 0 Å². The van der Waals surface area contributed by atoms with Crippen molar-refractivity contribution in [1.82, 2.24) is 10.2 Å². The lowest BCUT2D eigenvalue weighted by molar-refractivity contribution is 0.0910. The van der Waals surface area contributed by atoms with Crippen LogP contribution in [-0.2, 0) is 0 Å². The summed E-state index contributed by atoms with van der Waals surface area (Å²) >= 11 is 0. The van der Waals surface area contributed by atoms with Gasteiger partial charge >= 0.3 is 0 Å². The highest BCUT2D eigenvalue weighted by Gasteiger charge is 2.19. The fourth-order valence-electron chi connectivity index (χ4n) is 1.85. The quantitative estimate of drug-likeness (QED) is 0.897. The fourth-order valence-corrected chi connectivity index (χ4v) is 1.85. The molecule has 102 valence electrons. The topological polar surface area (TPSA) is 58.6 Å². The Morgan fingerprint density at radius 3 is 2.68 bits per heavy atom. The third-order valence-corrected chi connectivity index (χ3v) is 2.92. The number of aryl methyl sites for hydroxylation is 1. The summed E-state index contributed by atoms with van der Waals surface area (Å²) in [6.07, 6.45) is 1.63. The lowest BCUT2D eigenvalue weighted by Crippen LogP contribution is -2.34. The van der Waals surface area contributed by atoms with Crippen molar-refractivity contribution in [3.05, 3.63) is 47.8 Å². The first-order chi connectivity index (χ1) is 9.08. The number of rotatable bonds is 5. The zero-order valence-electron chi connectivity index (χ0n) is 11.3. The van der Waals surface area contributed by atoms with Crippen molar-refractivity contribution >= 4 is 5.91 Å². The molecule has 2 aromatic rings. The standard InChI is InChI=1S/C14H18N2O3/c1-10-6-7-13(19-10)14(17)15-9-11(16(2)3)12-5-4-8-18-12/h4-8,11H,9H2,1-3H3,(H,15,17)/t11-/m1/s1. The van der Waals surface area contributed by atoms with Gasteiger partial charge in [0.2, 0.25) is 0 Å². The Balaban J connectivity index is 1.98. The molecule has 0 unspecified atom stereocenters. The highest BCUT2D eigenvalue weighted by molar-refractivity contribution is 5.91. The number of nitrogens with zero attached hydrogens (tertiary/aromatic N) is 1. The molecule has 1 N–H and O–H groups in total. The Bertz CT molecular complexity index is 529. The summed E-state index contributed by atoms with van der Waals surface area (Å²) < 4.78 is 10.7. The van der Waals surface area contributed by atoms with Gasteiger partial charge in [-0.15, -0.1) is 0 Å². The van der Waals surface area contributed by atoms with Crippen molar-refractivity contribution < 1.29 is 13.6 Å². The average Bonchev–Trinajstić information content (AvgIpc) is 3.00. The van der Waals surface area contributed by atoms with Crippen molar-refractivity contribution in [3.8, 4) is 0 Å². The van der Waals surface area contributed by atoms with Crippen molar-refractivity contribution in [2.45, 2.75) is 13.0 Å². The Kier molecular flexibility index (Phi) is 4.06. The van der Waals surface area contributed by atoms with Crippen LogP contribution in [0.2, 0.25) is 0 Å². The smallest absolute Gasteiger partial charge is 0.287 e. The van der Waals surface area contributed by atoms with E-state index in [1.807, 2.05) is 38.1 Å². The molecule has 0 aliphatic heterocycles. The first kappa shape index (κ1) is 13.4. The largest absolute Gasteiger partial charge is 0.468 e. The molecule has 0 aliphatic rings. The van der Waals surface area contributed by atoms with E-state index in [0.29, 0.717) is 12.3 Å². The molecule has 0 spiro atoms. The van der Waals surface area contributed by atoms with Crippen LogP contribution in [0, 0.1) is 6.92 Å². The van der Waals surface area contributed by atoms with Gasteiger partial charge in [0.05, 0.1) is 12.3 Å². The first-order valence-corrected chi connectivity index (χ1v) is 6.12. The van der Waals surface area contributed by atoms with Crippen LogP contribution >= 0.6 is 0 Å². The maximum atomic E-state index is 11.9. The molecule has 5 nitrogen and oxygen atoms in total. The molecule has 0 saturated heterocycles. The van der Waals surface area contributed by atoms with E-state index in [0.717, 1.165) is 11.5 Å². The normalized spacial score (nSPS) is 12.6. The van der Waals surface area contributed by atoms with E-state index in [1.54, 1.807) is 18.4 Å². The second-order valence-corrected chi connectivity index (χ2v) is 4.62. The number of hydrogen-bond donors (Lipinski definition) is 1.